The molecule has 1 N–H and O–H groups in total. The van der Waals surface area contributed by atoms with Gasteiger partial charge >= 0.3 is 0 Å². The van der Waals surface area contributed by atoms with Gasteiger partial charge in [0.25, 0.3) is 5.91 Å². The van der Waals surface area contributed by atoms with E-state index in [1.807, 2.05) is 0 Å². The van der Waals surface area contributed by atoms with Crippen LogP contribution in [0.1, 0.15) is 34.8 Å². The van der Waals surface area contributed by atoms with Gasteiger partial charge in [0, 0.05) is 26.6 Å². The Morgan fingerprint density at radius 1 is 1.24 bits per heavy atom. The van der Waals surface area contributed by atoms with Crippen LogP contribution < -0.4 is 5.32 Å². The molecule has 3 rings (SSSR count). The van der Waals surface area contributed by atoms with E-state index in [0.717, 1.165) is 18.4 Å². The van der Waals surface area contributed by atoms with Gasteiger partial charge in [0.15, 0.2) is 11.6 Å². The van der Waals surface area contributed by atoms with Crippen molar-refractivity contribution in [1.29, 1.82) is 0 Å². The quantitative estimate of drug-likeness (QED) is 0.844. The smallest absolute Gasteiger partial charge is 0.273 e. The number of oxazole rings is 1. The minimum atomic E-state index is -3.38. The van der Waals surface area contributed by atoms with E-state index in [1.54, 1.807) is 31.2 Å². The van der Waals surface area contributed by atoms with E-state index < -0.39 is 10.0 Å². The standard InChI is InChI=1S/C17H21N3O4S/c1-13-19-16(12-24-13)17(21)18-9-8-14-4-6-15(7-5-14)25(22,23)20-10-2-3-11-20/h4-7,12H,2-3,8-11H2,1H3,(H,18,21). The summed E-state index contributed by atoms with van der Waals surface area (Å²) in [6, 6.07) is 6.84. The number of hydrogen-bond acceptors (Lipinski definition) is 5. The molecule has 25 heavy (non-hydrogen) atoms. The number of amides is 1. The molecule has 0 unspecified atom stereocenters. The Bertz CT molecular complexity index is 837. The number of aromatic nitrogens is 1. The molecule has 1 aliphatic heterocycles. The molecule has 1 aromatic heterocycles. The van der Waals surface area contributed by atoms with Gasteiger partial charge in [-0.1, -0.05) is 12.1 Å². The van der Waals surface area contributed by atoms with Crippen LogP contribution in [0, 0.1) is 6.92 Å². The van der Waals surface area contributed by atoms with Gasteiger partial charge < -0.3 is 9.73 Å². The third kappa shape index (κ3) is 4.08. The van der Waals surface area contributed by atoms with Crippen molar-refractivity contribution < 1.29 is 17.6 Å². The van der Waals surface area contributed by atoms with Crippen molar-refractivity contribution in [3.63, 3.8) is 0 Å². The monoisotopic (exact) mass is 363 g/mol. The zero-order valence-electron chi connectivity index (χ0n) is 14.1. The summed E-state index contributed by atoms with van der Waals surface area (Å²) in [5.41, 5.74) is 1.21. The molecule has 0 radical (unpaired) electrons. The maximum atomic E-state index is 12.5. The van der Waals surface area contributed by atoms with Gasteiger partial charge in [-0.2, -0.15) is 4.31 Å². The maximum absolute atomic E-state index is 12.5. The zero-order valence-corrected chi connectivity index (χ0v) is 14.9. The Kier molecular flexibility index (Phi) is 5.19. The van der Waals surface area contributed by atoms with Crippen LogP contribution in [0.3, 0.4) is 0 Å². The van der Waals surface area contributed by atoms with Crippen LogP contribution in [0.25, 0.3) is 0 Å². The maximum Gasteiger partial charge on any atom is 0.273 e. The lowest BCUT2D eigenvalue weighted by Crippen LogP contribution is -2.28. The lowest BCUT2D eigenvalue weighted by Gasteiger charge is -2.15. The highest BCUT2D eigenvalue weighted by molar-refractivity contribution is 7.89. The van der Waals surface area contributed by atoms with Gasteiger partial charge in [0.1, 0.15) is 6.26 Å². The number of benzene rings is 1. The molecule has 1 aliphatic rings. The molecule has 1 aromatic carbocycles. The second kappa shape index (κ2) is 7.37. The molecule has 2 aromatic rings. The van der Waals surface area contributed by atoms with Crippen molar-refractivity contribution >= 4 is 15.9 Å². The lowest BCUT2D eigenvalue weighted by molar-refractivity contribution is 0.0949. The minimum absolute atomic E-state index is 0.254. The molecule has 7 nitrogen and oxygen atoms in total. The average Bonchev–Trinajstić information content (AvgIpc) is 3.27. The Morgan fingerprint density at radius 2 is 1.92 bits per heavy atom. The summed E-state index contributed by atoms with van der Waals surface area (Å²) in [7, 11) is -3.38. The van der Waals surface area contributed by atoms with E-state index in [2.05, 4.69) is 10.3 Å². The zero-order chi connectivity index (χ0) is 17.9. The van der Waals surface area contributed by atoms with Crippen molar-refractivity contribution in [3.05, 3.63) is 47.7 Å². The molecule has 2 heterocycles. The predicted octanol–water partition coefficient (Wildman–Crippen LogP) is 1.74. The number of nitrogens with zero attached hydrogens (tertiary/aromatic N) is 2. The molecule has 0 saturated carbocycles. The van der Waals surface area contributed by atoms with E-state index in [0.29, 0.717) is 36.8 Å². The van der Waals surface area contributed by atoms with Gasteiger partial charge in [0.2, 0.25) is 10.0 Å². The van der Waals surface area contributed by atoms with Crippen LogP contribution in [0.15, 0.2) is 39.8 Å². The Balaban J connectivity index is 1.55. The van der Waals surface area contributed by atoms with Gasteiger partial charge in [-0.25, -0.2) is 13.4 Å². The number of aryl methyl sites for hydroxylation is 1. The second-order valence-electron chi connectivity index (χ2n) is 6.01. The highest BCUT2D eigenvalue weighted by Crippen LogP contribution is 2.21. The highest BCUT2D eigenvalue weighted by atomic mass is 32.2. The number of rotatable bonds is 6. The first kappa shape index (κ1) is 17.6. The predicted molar refractivity (Wildman–Crippen MR) is 91.7 cm³/mol. The summed E-state index contributed by atoms with van der Waals surface area (Å²) in [6.45, 7) is 3.30. The van der Waals surface area contributed by atoms with Gasteiger partial charge in [-0.15, -0.1) is 0 Å². The summed E-state index contributed by atoms with van der Waals surface area (Å²) in [4.78, 5) is 16.1. The van der Waals surface area contributed by atoms with E-state index in [1.165, 1.54) is 10.6 Å². The molecule has 8 heteroatoms. The van der Waals surface area contributed by atoms with Crippen molar-refractivity contribution in [1.82, 2.24) is 14.6 Å². The van der Waals surface area contributed by atoms with Gasteiger partial charge in [-0.05, 0) is 37.0 Å². The highest BCUT2D eigenvalue weighted by Gasteiger charge is 2.26. The number of nitrogens with one attached hydrogen (secondary N) is 1. The fourth-order valence-electron chi connectivity index (χ4n) is 2.78. The van der Waals surface area contributed by atoms with E-state index in [-0.39, 0.29) is 11.6 Å². The van der Waals surface area contributed by atoms with Crippen molar-refractivity contribution in [2.24, 2.45) is 0 Å². The Morgan fingerprint density at radius 3 is 2.52 bits per heavy atom. The van der Waals surface area contributed by atoms with Crippen LogP contribution in [0.4, 0.5) is 0 Å². The Labute approximate surface area is 147 Å². The fourth-order valence-corrected chi connectivity index (χ4v) is 4.30. The fraction of sp³-hybridized carbons (Fsp3) is 0.412. The summed E-state index contributed by atoms with van der Waals surface area (Å²) in [6.07, 6.45) is 3.76. The summed E-state index contributed by atoms with van der Waals surface area (Å²) < 4.78 is 31.5. The first-order chi connectivity index (χ1) is 12.0. The topological polar surface area (TPSA) is 92.5 Å². The molecule has 134 valence electrons. The molecule has 1 amide bonds. The van der Waals surface area contributed by atoms with Gasteiger partial charge in [-0.3, -0.25) is 4.79 Å². The lowest BCUT2D eigenvalue weighted by atomic mass is 10.1. The first-order valence-corrected chi connectivity index (χ1v) is 9.70. The van der Waals surface area contributed by atoms with Crippen LogP contribution in [-0.4, -0.2) is 43.2 Å². The largest absolute Gasteiger partial charge is 0.448 e. The van der Waals surface area contributed by atoms with Crippen molar-refractivity contribution in [3.8, 4) is 0 Å². The normalized spacial score (nSPS) is 15.4. The van der Waals surface area contributed by atoms with E-state index in [9.17, 15) is 13.2 Å². The molecule has 0 bridgehead atoms. The summed E-state index contributed by atoms with van der Waals surface area (Å²) in [5, 5.41) is 2.76. The summed E-state index contributed by atoms with van der Waals surface area (Å²) in [5.74, 6) is 0.157. The van der Waals surface area contributed by atoms with Crippen LogP contribution in [0.5, 0.6) is 0 Å². The van der Waals surface area contributed by atoms with E-state index >= 15 is 0 Å². The van der Waals surface area contributed by atoms with Crippen LogP contribution in [-0.2, 0) is 16.4 Å². The average molecular weight is 363 g/mol. The van der Waals surface area contributed by atoms with Gasteiger partial charge in [0.05, 0.1) is 4.90 Å². The van der Waals surface area contributed by atoms with E-state index in [4.69, 9.17) is 4.42 Å². The SMILES string of the molecule is Cc1nc(C(=O)NCCc2ccc(S(=O)(=O)N3CCCC3)cc2)co1. The number of hydrogen-bond donors (Lipinski definition) is 1. The van der Waals surface area contributed by atoms with Crippen molar-refractivity contribution in [2.75, 3.05) is 19.6 Å². The molecule has 1 saturated heterocycles. The molecule has 0 spiro atoms. The number of carbonyl (C=O) groups is 1. The third-order valence-electron chi connectivity index (χ3n) is 4.18. The first-order valence-electron chi connectivity index (χ1n) is 8.26. The van der Waals surface area contributed by atoms with Crippen LogP contribution >= 0.6 is 0 Å². The molecule has 1 fully saturated rings. The molecule has 0 atom stereocenters. The Hall–Kier alpha value is -2.19. The number of sulfonamides is 1. The second-order valence-corrected chi connectivity index (χ2v) is 7.95. The third-order valence-corrected chi connectivity index (χ3v) is 6.09. The number of carbonyl (C=O) groups excluding carboxylic acids is 1. The minimum Gasteiger partial charge on any atom is -0.448 e. The molecular formula is C17H21N3O4S. The van der Waals surface area contributed by atoms with Crippen LogP contribution in [0.2, 0.25) is 0 Å². The molecule has 0 aliphatic carbocycles. The van der Waals surface area contributed by atoms with Crippen molar-refractivity contribution in [2.45, 2.75) is 31.1 Å². The summed E-state index contributed by atoms with van der Waals surface area (Å²) >= 11 is 0. The molecular weight excluding hydrogens is 342 g/mol.